The lowest BCUT2D eigenvalue weighted by molar-refractivity contribution is 0.0937. The molecule has 1 atom stereocenters. The summed E-state index contributed by atoms with van der Waals surface area (Å²) in [6.45, 7) is 2.71. The van der Waals surface area contributed by atoms with Crippen molar-refractivity contribution in [1.82, 2.24) is 5.32 Å². The molecule has 2 rings (SSSR count). The Labute approximate surface area is 64.4 Å². The summed E-state index contributed by atoms with van der Waals surface area (Å²) in [7, 11) is 0. The molecule has 0 aromatic carbocycles. The van der Waals surface area contributed by atoms with Gasteiger partial charge in [-0.25, -0.2) is 0 Å². The molecule has 0 bridgehead atoms. The highest BCUT2D eigenvalue weighted by atomic mass is 16.3. The molecule has 1 aliphatic rings. The molecule has 3 nitrogen and oxygen atoms in total. The van der Waals surface area contributed by atoms with Crippen LogP contribution in [0.3, 0.4) is 0 Å². The van der Waals surface area contributed by atoms with E-state index in [1.54, 1.807) is 12.3 Å². The molecule has 0 saturated carbocycles. The first-order valence-electron chi connectivity index (χ1n) is 3.64. The molecule has 1 N–H and O–H groups in total. The maximum Gasteiger partial charge on any atom is 0.254 e. The minimum Gasteiger partial charge on any atom is -0.468 e. The van der Waals surface area contributed by atoms with Gasteiger partial charge in [-0.3, -0.25) is 4.79 Å². The molecule has 0 fully saturated rings. The van der Waals surface area contributed by atoms with E-state index in [4.69, 9.17) is 4.42 Å². The van der Waals surface area contributed by atoms with Crippen molar-refractivity contribution in [3.63, 3.8) is 0 Å². The summed E-state index contributed by atoms with van der Waals surface area (Å²) in [4.78, 5) is 11.1. The molecule has 1 unspecified atom stereocenters. The fourth-order valence-electron chi connectivity index (χ4n) is 1.32. The number of nitrogens with one attached hydrogen (secondary N) is 1. The SMILES string of the molecule is CC1CNC(=O)c2ccoc21. The van der Waals surface area contributed by atoms with Gasteiger partial charge in [0.1, 0.15) is 5.76 Å². The summed E-state index contributed by atoms with van der Waals surface area (Å²) in [6.07, 6.45) is 1.56. The minimum absolute atomic E-state index is 0.0214. The fraction of sp³-hybridized carbons (Fsp3) is 0.375. The largest absolute Gasteiger partial charge is 0.468 e. The lowest BCUT2D eigenvalue weighted by Gasteiger charge is -2.17. The molecule has 1 amide bonds. The van der Waals surface area contributed by atoms with Crippen LogP contribution in [0.15, 0.2) is 16.7 Å². The lowest BCUT2D eigenvalue weighted by Crippen LogP contribution is -2.32. The second kappa shape index (κ2) is 2.12. The maximum absolute atomic E-state index is 11.1. The third-order valence-electron chi connectivity index (χ3n) is 1.96. The lowest BCUT2D eigenvalue weighted by atomic mass is 10.0. The van der Waals surface area contributed by atoms with Gasteiger partial charge in [0.05, 0.1) is 11.8 Å². The molecular weight excluding hydrogens is 142 g/mol. The summed E-state index contributed by atoms with van der Waals surface area (Å²) < 4.78 is 5.18. The van der Waals surface area contributed by atoms with Crippen molar-refractivity contribution in [1.29, 1.82) is 0 Å². The van der Waals surface area contributed by atoms with Crippen molar-refractivity contribution in [3.8, 4) is 0 Å². The summed E-state index contributed by atoms with van der Waals surface area (Å²) >= 11 is 0. The zero-order chi connectivity index (χ0) is 7.84. The van der Waals surface area contributed by atoms with Crippen LogP contribution in [0.5, 0.6) is 0 Å². The van der Waals surface area contributed by atoms with Crippen molar-refractivity contribution in [2.75, 3.05) is 6.54 Å². The van der Waals surface area contributed by atoms with Crippen LogP contribution in [-0.2, 0) is 0 Å². The van der Waals surface area contributed by atoms with Crippen molar-refractivity contribution in [2.45, 2.75) is 12.8 Å². The van der Waals surface area contributed by atoms with Crippen molar-refractivity contribution in [3.05, 3.63) is 23.7 Å². The van der Waals surface area contributed by atoms with E-state index in [9.17, 15) is 4.79 Å². The number of carbonyl (C=O) groups excluding carboxylic acids is 1. The van der Waals surface area contributed by atoms with Gasteiger partial charge in [0.25, 0.3) is 5.91 Å². The van der Waals surface area contributed by atoms with E-state index >= 15 is 0 Å². The van der Waals surface area contributed by atoms with Crippen LogP contribution in [0.25, 0.3) is 0 Å². The highest BCUT2D eigenvalue weighted by Gasteiger charge is 2.24. The first kappa shape index (κ1) is 6.46. The Morgan fingerprint density at radius 3 is 3.27 bits per heavy atom. The van der Waals surface area contributed by atoms with Crippen LogP contribution in [0.2, 0.25) is 0 Å². The molecule has 0 saturated heterocycles. The van der Waals surface area contributed by atoms with E-state index in [1.165, 1.54) is 0 Å². The Morgan fingerprint density at radius 1 is 1.73 bits per heavy atom. The fourth-order valence-corrected chi connectivity index (χ4v) is 1.32. The standard InChI is InChI=1S/C8H9NO2/c1-5-4-9-8(10)6-2-3-11-7(5)6/h2-3,5H,4H2,1H3,(H,9,10). The van der Waals surface area contributed by atoms with E-state index in [0.717, 1.165) is 5.76 Å². The van der Waals surface area contributed by atoms with Gasteiger partial charge in [-0.2, -0.15) is 0 Å². The van der Waals surface area contributed by atoms with Gasteiger partial charge in [0.15, 0.2) is 0 Å². The first-order valence-corrected chi connectivity index (χ1v) is 3.64. The zero-order valence-electron chi connectivity index (χ0n) is 6.26. The Morgan fingerprint density at radius 2 is 2.55 bits per heavy atom. The van der Waals surface area contributed by atoms with E-state index < -0.39 is 0 Å². The van der Waals surface area contributed by atoms with Crippen molar-refractivity contribution in [2.24, 2.45) is 0 Å². The van der Waals surface area contributed by atoms with Gasteiger partial charge in [0.2, 0.25) is 0 Å². The van der Waals surface area contributed by atoms with Gasteiger partial charge in [-0.05, 0) is 6.07 Å². The molecule has 58 valence electrons. The normalized spacial score (nSPS) is 22.6. The monoisotopic (exact) mass is 151 g/mol. The van der Waals surface area contributed by atoms with Crippen LogP contribution in [-0.4, -0.2) is 12.5 Å². The zero-order valence-corrected chi connectivity index (χ0v) is 6.26. The Hall–Kier alpha value is -1.25. The number of hydrogen-bond donors (Lipinski definition) is 1. The predicted octanol–water partition coefficient (Wildman–Crippen LogP) is 1.13. The Bertz CT molecular complexity index is 290. The number of fused-ring (bicyclic) bond motifs is 1. The average Bonchev–Trinajstić information content (AvgIpc) is 2.45. The van der Waals surface area contributed by atoms with E-state index in [1.807, 2.05) is 6.92 Å². The van der Waals surface area contributed by atoms with Crippen LogP contribution in [0, 0.1) is 0 Å². The number of furan rings is 1. The van der Waals surface area contributed by atoms with Crippen LogP contribution >= 0.6 is 0 Å². The van der Waals surface area contributed by atoms with Gasteiger partial charge >= 0.3 is 0 Å². The third-order valence-corrected chi connectivity index (χ3v) is 1.96. The number of hydrogen-bond acceptors (Lipinski definition) is 2. The van der Waals surface area contributed by atoms with Gasteiger partial charge in [-0.15, -0.1) is 0 Å². The summed E-state index contributed by atoms with van der Waals surface area (Å²) in [5.74, 6) is 1.10. The maximum atomic E-state index is 11.1. The average molecular weight is 151 g/mol. The van der Waals surface area contributed by atoms with Crippen molar-refractivity contribution >= 4 is 5.91 Å². The Kier molecular flexibility index (Phi) is 1.24. The second-order valence-electron chi connectivity index (χ2n) is 2.81. The molecule has 0 spiro atoms. The number of amides is 1. The smallest absolute Gasteiger partial charge is 0.254 e. The Balaban J connectivity index is 2.51. The molecule has 11 heavy (non-hydrogen) atoms. The van der Waals surface area contributed by atoms with Crippen LogP contribution in [0.4, 0.5) is 0 Å². The van der Waals surface area contributed by atoms with E-state index in [-0.39, 0.29) is 5.91 Å². The number of carbonyl (C=O) groups is 1. The highest BCUT2D eigenvalue weighted by molar-refractivity contribution is 5.96. The molecule has 0 radical (unpaired) electrons. The molecule has 1 aromatic heterocycles. The minimum atomic E-state index is -0.0214. The molecule has 1 aliphatic heterocycles. The summed E-state index contributed by atoms with van der Waals surface area (Å²) in [5.41, 5.74) is 0.684. The predicted molar refractivity (Wildman–Crippen MR) is 39.5 cm³/mol. The molecule has 2 heterocycles. The summed E-state index contributed by atoms with van der Waals surface area (Å²) in [5, 5.41) is 2.78. The number of rotatable bonds is 0. The second-order valence-corrected chi connectivity index (χ2v) is 2.81. The quantitative estimate of drug-likeness (QED) is 0.603. The highest BCUT2D eigenvalue weighted by Crippen LogP contribution is 2.23. The van der Waals surface area contributed by atoms with Gasteiger partial charge in [0, 0.05) is 12.5 Å². The summed E-state index contributed by atoms with van der Waals surface area (Å²) in [6, 6.07) is 1.71. The first-order chi connectivity index (χ1) is 5.29. The van der Waals surface area contributed by atoms with Crippen LogP contribution in [0.1, 0.15) is 29.0 Å². The molecular formula is C8H9NO2. The van der Waals surface area contributed by atoms with E-state index in [0.29, 0.717) is 18.0 Å². The third kappa shape index (κ3) is 0.843. The molecule has 1 aromatic rings. The molecule has 0 aliphatic carbocycles. The van der Waals surface area contributed by atoms with Crippen LogP contribution < -0.4 is 5.32 Å². The van der Waals surface area contributed by atoms with Crippen molar-refractivity contribution < 1.29 is 9.21 Å². The van der Waals surface area contributed by atoms with Gasteiger partial charge in [-0.1, -0.05) is 6.92 Å². The van der Waals surface area contributed by atoms with E-state index in [2.05, 4.69) is 5.32 Å². The topological polar surface area (TPSA) is 42.2 Å². The van der Waals surface area contributed by atoms with Gasteiger partial charge < -0.3 is 9.73 Å². The molecule has 3 heteroatoms.